The minimum Gasteiger partial charge on any atom is -0.340 e. The molecule has 1 amide bonds. The minimum absolute atomic E-state index is 0.237. The molecule has 1 atom stereocenters. The molecule has 3 nitrogen and oxygen atoms in total. The van der Waals surface area contributed by atoms with Gasteiger partial charge in [-0.1, -0.05) is 57.0 Å². The molecule has 3 heteroatoms. The van der Waals surface area contributed by atoms with Crippen LogP contribution in [0, 0.1) is 5.92 Å². The lowest BCUT2D eigenvalue weighted by molar-refractivity contribution is -0.137. The molecule has 0 aromatic heterocycles. The van der Waals surface area contributed by atoms with E-state index in [2.05, 4.69) is 54.0 Å². The topological polar surface area (TPSA) is 23.6 Å². The summed E-state index contributed by atoms with van der Waals surface area (Å²) in [5, 5.41) is 0. The van der Waals surface area contributed by atoms with Gasteiger partial charge in [-0.05, 0) is 18.4 Å². The molecule has 1 fully saturated rings. The van der Waals surface area contributed by atoms with Crippen molar-refractivity contribution < 1.29 is 4.79 Å². The quantitative estimate of drug-likeness (QED) is 0.769. The summed E-state index contributed by atoms with van der Waals surface area (Å²) < 4.78 is 0. The zero-order chi connectivity index (χ0) is 15.8. The Balaban J connectivity index is 1.79. The molecular formula is C19H30N2O. The number of carbonyl (C=O) groups excluding carboxylic acids is 1. The molecule has 0 N–H and O–H groups in total. The first-order valence-corrected chi connectivity index (χ1v) is 8.79. The molecule has 1 saturated heterocycles. The van der Waals surface area contributed by atoms with Gasteiger partial charge >= 0.3 is 0 Å². The van der Waals surface area contributed by atoms with E-state index in [0.717, 1.165) is 52.0 Å². The minimum atomic E-state index is 0.237. The van der Waals surface area contributed by atoms with E-state index < -0.39 is 0 Å². The number of hydrogen-bond donors (Lipinski definition) is 0. The summed E-state index contributed by atoms with van der Waals surface area (Å²) in [4.78, 5) is 17.1. The van der Waals surface area contributed by atoms with Gasteiger partial charge in [0.1, 0.15) is 0 Å². The largest absolute Gasteiger partial charge is 0.340 e. The van der Waals surface area contributed by atoms with Gasteiger partial charge in [0.2, 0.25) is 5.91 Å². The Morgan fingerprint density at radius 2 is 1.77 bits per heavy atom. The number of piperazine rings is 1. The van der Waals surface area contributed by atoms with Gasteiger partial charge in [0, 0.05) is 38.6 Å². The van der Waals surface area contributed by atoms with Crippen LogP contribution in [0.25, 0.3) is 0 Å². The smallest absolute Gasteiger partial charge is 0.225 e. The maximum atomic E-state index is 12.6. The van der Waals surface area contributed by atoms with Crippen molar-refractivity contribution in [3.05, 3.63) is 35.9 Å². The molecule has 122 valence electrons. The summed E-state index contributed by atoms with van der Waals surface area (Å²) in [5.41, 5.74) is 1.36. The normalized spacial score (nSPS) is 17.5. The lowest BCUT2D eigenvalue weighted by Crippen LogP contribution is -2.49. The van der Waals surface area contributed by atoms with Crippen molar-refractivity contribution in [2.24, 2.45) is 5.92 Å². The third-order valence-corrected chi connectivity index (χ3v) is 4.68. The van der Waals surface area contributed by atoms with Crippen LogP contribution in [0.5, 0.6) is 0 Å². The number of amides is 1. The van der Waals surface area contributed by atoms with Gasteiger partial charge in [-0.25, -0.2) is 0 Å². The van der Waals surface area contributed by atoms with Gasteiger partial charge in [0.05, 0.1) is 0 Å². The van der Waals surface area contributed by atoms with Gasteiger partial charge in [-0.15, -0.1) is 0 Å². The number of nitrogens with zero attached hydrogens (tertiary/aromatic N) is 2. The number of benzene rings is 1. The fourth-order valence-electron chi connectivity index (χ4n) is 3.18. The van der Waals surface area contributed by atoms with Crippen molar-refractivity contribution in [2.75, 3.05) is 26.2 Å². The predicted molar refractivity (Wildman–Crippen MR) is 91.6 cm³/mol. The van der Waals surface area contributed by atoms with E-state index in [1.54, 1.807) is 0 Å². The van der Waals surface area contributed by atoms with Crippen LogP contribution in [0.2, 0.25) is 0 Å². The molecule has 1 aliphatic rings. The maximum absolute atomic E-state index is 12.6. The summed E-state index contributed by atoms with van der Waals surface area (Å²) in [7, 11) is 0. The van der Waals surface area contributed by atoms with Crippen LogP contribution in [0.3, 0.4) is 0 Å². The molecule has 1 heterocycles. The van der Waals surface area contributed by atoms with Gasteiger partial charge in [0.15, 0.2) is 0 Å². The molecule has 1 aromatic carbocycles. The Morgan fingerprint density at radius 3 is 2.36 bits per heavy atom. The van der Waals surface area contributed by atoms with Crippen LogP contribution >= 0.6 is 0 Å². The van der Waals surface area contributed by atoms with Crippen molar-refractivity contribution in [3.63, 3.8) is 0 Å². The van der Waals surface area contributed by atoms with Crippen molar-refractivity contribution in [1.29, 1.82) is 0 Å². The first-order valence-electron chi connectivity index (χ1n) is 8.79. The average Bonchev–Trinajstić information content (AvgIpc) is 2.57. The van der Waals surface area contributed by atoms with Crippen LogP contribution < -0.4 is 0 Å². The number of hydrogen-bond acceptors (Lipinski definition) is 2. The predicted octanol–water partition coefficient (Wildman–Crippen LogP) is 3.55. The molecule has 1 aromatic rings. The molecule has 1 aliphatic heterocycles. The lowest BCUT2D eigenvalue weighted by Gasteiger charge is -2.36. The highest BCUT2D eigenvalue weighted by atomic mass is 16.2. The fraction of sp³-hybridized carbons (Fsp3) is 0.632. The maximum Gasteiger partial charge on any atom is 0.225 e. The molecule has 0 radical (unpaired) electrons. The second kappa shape index (κ2) is 8.94. The van der Waals surface area contributed by atoms with E-state index >= 15 is 0 Å². The molecule has 0 aliphatic carbocycles. The third kappa shape index (κ3) is 4.84. The van der Waals surface area contributed by atoms with E-state index in [9.17, 15) is 4.79 Å². The van der Waals surface area contributed by atoms with Crippen LogP contribution in [-0.4, -0.2) is 41.9 Å². The highest BCUT2D eigenvalue weighted by molar-refractivity contribution is 5.78. The van der Waals surface area contributed by atoms with E-state index in [1.807, 2.05) is 0 Å². The van der Waals surface area contributed by atoms with Crippen molar-refractivity contribution in [3.8, 4) is 0 Å². The van der Waals surface area contributed by atoms with Gasteiger partial charge in [-0.3, -0.25) is 9.69 Å². The van der Waals surface area contributed by atoms with Gasteiger partial charge in [0.25, 0.3) is 0 Å². The average molecular weight is 302 g/mol. The second-order valence-corrected chi connectivity index (χ2v) is 6.33. The molecule has 0 bridgehead atoms. The number of carbonyl (C=O) groups is 1. The molecule has 0 saturated carbocycles. The Bertz CT molecular complexity index is 438. The molecule has 2 rings (SSSR count). The monoisotopic (exact) mass is 302 g/mol. The standard InChI is InChI=1S/C19H30N2O/c1-3-5-11-18(4-2)19(22)21-14-12-20(13-15-21)16-17-9-7-6-8-10-17/h6-10,18H,3-5,11-16H2,1-2H3. The van der Waals surface area contributed by atoms with Crippen LogP contribution in [0.4, 0.5) is 0 Å². The highest BCUT2D eigenvalue weighted by Crippen LogP contribution is 2.17. The van der Waals surface area contributed by atoms with Crippen LogP contribution in [0.15, 0.2) is 30.3 Å². The molecule has 22 heavy (non-hydrogen) atoms. The molecular weight excluding hydrogens is 272 g/mol. The van der Waals surface area contributed by atoms with Crippen molar-refractivity contribution in [2.45, 2.75) is 46.1 Å². The first kappa shape index (κ1) is 17.0. The van der Waals surface area contributed by atoms with E-state index in [4.69, 9.17) is 0 Å². The van der Waals surface area contributed by atoms with Crippen molar-refractivity contribution in [1.82, 2.24) is 9.80 Å². The van der Waals surface area contributed by atoms with Crippen LogP contribution in [-0.2, 0) is 11.3 Å². The van der Waals surface area contributed by atoms with E-state index in [-0.39, 0.29) is 5.92 Å². The summed E-state index contributed by atoms with van der Waals surface area (Å²) in [6, 6.07) is 10.6. The van der Waals surface area contributed by atoms with Crippen LogP contribution in [0.1, 0.15) is 45.1 Å². The summed E-state index contributed by atoms with van der Waals surface area (Å²) in [6.07, 6.45) is 4.37. The molecule has 1 unspecified atom stereocenters. The number of unbranched alkanes of at least 4 members (excludes halogenated alkanes) is 1. The van der Waals surface area contributed by atoms with Gasteiger partial charge in [-0.2, -0.15) is 0 Å². The second-order valence-electron chi connectivity index (χ2n) is 6.33. The number of rotatable bonds is 7. The Kier molecular flexibility index (Phi) is 6.91. The van der Waals surface area contributed by atoms with Gasteiger partial charge < -0.3 is 4.90 Å². The van der Waals surface area contributed by atoms with Crippen molar-refractivity contribution >= 4 is 5.91 Å². The highest BCUT2D eigenvalue weighted by Gasteiger charge is 2.25. The lowest BCUT2D eigenvalue weighted by atomic mass is 9.97. The first-order chi connectivity index (χ1) is 10.7. The Hall–Kier alpha value is -1.35. The summed E-state index contributed by atoms with van der Waals surface area (Å²) >= 11 is 0. The zero-order valence-corrected chi connectivity index (χ0v) is 14.1. The molecule has 0 spiro atoms. The SMILES string of the molecule is CCCCC(CC)C(=O)N1CCN(Cc2ccccc2)CC1. The summed E-state index contributed by atoms with van der Waals surface area (Å²) in [6.45, 7) is 9.08. The van der Waals surface area contributed by atoms with E-state index in [0.29, 0.717) is 5.91 Å². The summed E-state index contributed by atoms with van der Waals surface area (Å²) in [5.74, 6) is 0.621. The van der Waals surface area contributed by atoms with E-state index in [1.165, 1.54) is 12.0 Å². The Labute approximate surface area is 135 Å². The third-order valence-electron chi connectivity index (χ3n) is 4.68. The Morgan fingerprint density at radius 1 is 1.09 bits per heavy atom. The zero-order valence-electron chi connectivity index (χ0n) is 14.1. The fourth-order valence-corrected chi connectivity index (χ4v) is 3.18.